The van der Waals surface area contributed by atoms with Crippen LogP contribution in [0, 0.1) is 11.8 Å². The molecule has 3 unspecified atom stereocenters. The monoisotopic (exact) mass is 585 g/mol. The number of carbonyl (C=O) groups excluding carboxylic acids is 2. The number of hydrogen-bond acceptors (Lipinski definition) is 6. The van der Waals surface area contributed by atoms with E-state index in [1.54, 1.807) is 12.3 Å². The van der Waals surface area contributed by atoms with Crippen LogP contribution in [-0.2, 0) is 20.7 Å². The van der Waals surface area contributed by atoms with Crippen LogP contribution in [0.25, 0.3) is 0 Å². The van der Waals surface area contributed by atoms with Gasteiger partial charge in [0, 0.05) is 37.4 Å². The van der Waals surface area contributed by atoms with Gasteiger partial charge in [-0.2, -0.15) is 0 Å². The highest BCUT2D eigenvalue weighted by atomic mass is 32.1. The molecule has 1 heterocycles. The van der Waals surface area contributed by atoms with Crippen molar-refractivity contribution in [3.63, 3.8) is 0 Å². The van der Waals surface area contributed by atoms with Crippen molar-refractivity contribution in [1.29, 1.82) is 0 Å². The second kappa shape index (κ2) is 17.0. The first-order valence-electron chi connectivity index (χ1n) is 14.5. The van der Waals surface area contributed by atoms with Gasteiger partial charge in [0.05, 0.1) is 12.5 Å². The SMILES string of the molecule is C=C(C)COC(CC(C(C)C)N(C)C(=O)CCCC)c1nc(C(=O)N[C@@H](Cc2ccccc2)CC(C)C(=O)O)cs1. The molecule has 0 spiro atoms. The van der Waals surface area contributed by atoms with Crippen LogP contribution in [0.3, 0.4) is 0 Å². The number of thiazole rings is 1. The van der Waals surface area contributed by atoms with Crippen molar-refractivity contribution in [2.75, 3.05) is 13.7 Å². The second-order valence-corrected chi connectivity index (χ2v) is 12.2. The summed E-state index contributed by atoms with van der Waals surface area (Å²) in [6, 6.07) is 9.25. The van der Waals surface area contributed by atoms with E-state index < -0.39 is 18.0 Å². The third-order valence-corrected chi connectivity index (χ3v) is 8.08. The van der Waals surface area contributed by atoms with E-state index in [4.69, 9.17) is 4.74 Å². The number of benzene rings is 1. The van der Waals surface area contributed by atoms with E-state index in [2.05, 4.69) is 37.7 Å². The lowest BCUT2D eigenvalue weighted by atomic mass is 9.96. The van der Waals surface area contributed by atoms with E-state index in [0.717, 1.165) is 24.0 Å². The molecule has 0 bridgehead atoms. The van der Waals surface area contributed by atoms with Gasteiger partial charge in [-0.1, -0.05) is 76.6 Å². The van der Waals surface area contributed by atoms with Crippen molar-refractivity contribution in [1.82, 2.24) is 15.2 Å². The molecule has 226 valence electrons. The van der Waals surface area contributed by atoms with Crippen LogP contribution in [0.5, 0.6) is 0 Å². The van der Waals surface area contributed by atoms with Crippen LogP contribution < -0.4 is 5.32 Å². The normalized spacial score (nSPS) is 14.2. The van der Waals surface area contributed by atoms with Gasteiger partial charge in [0.15, 0.2) is 0 Å². The van der Waals surface area contributed by atoms with Gasteiger partial charge in [-0.25, -0.2) is 4.98 Å². The van der Waals surface area contributed by atoms with Gasteiger partial charge in [0.1, 0.15) is 16.8 Å². The molecule has 41 heavy (non-hydrogen) atoms. The molecule has 9 heteroatoms. The first-order chi connectivity index (χ1) is 19.4. The molecule has 2 amide bonds. The second-order valence-electron chi connectivity index (χ2n) is 11.3. The van der Waals surface area contributed by atoms with Crippen molar-refractivity contribution >= 4 is 29.1 Å². The number of carbonyl (C=O) groups is 3. The molecule has 0 saturated heterocycles. The number of unbranched alkanes of at least 4 members (excludes halogenated alkanes) is 1. The summed E-state index contributed by atoms with van der Waals surface area (Å²) in [4.78, 5) is 44.2. The molecule has 4 atom stereocenters. The number of carboxylic acids is 1. The molecular formula is C32H47N3O5S. The molecule has 2 N–H and O–H groups in total. The first-order valence-corrected chi connectivity index (χ1v) is 15.3. The zero-order valence-corrected chi connectivity index (χ0v) is 26.2. The largest absolute Gasteiger partial charge is 0.481 e. The van der Waals surface area contributed by atoms with Crippen molar-refractivity contribution in [3.8, 4) is 0 Å². The zero-order valence-electron chi connectivity index (χ0n) is 25.4. The highest BCUT2D eigenvalue weighted by Crippen LogP contribution is 2.31. The lowest BCUT2D eigenvalue weighted by Crippen LogP contribution is -2.41. The number of rotatable bonds is 18. The summed E-state index contributed by atoms with van der Waals surface area (Å²) in [5.74, 6) is -1.55. The van der Waals surface area contributed by atoms with Crippen LogP contribution in [0.4, 0.5) is 0 Å². The number of amides is 2. The summed E-state index contributed by atoms with van der Waals surface area (Å²) >= 11 is 1.35. The van der Waals surface area contributed by atoms with E-state index in [1.807, 2.05) is 49.2 Å². The Hall–Kier alpha value is -3.04. The molecule has 8 nitrogen and oxygen atoms in total. The number of aliphatic carboxylic acids is 1. The third-order valence-electron chi connectivity index (χ3n) is 7.14. The van der Waals surface area contributed by atoms with E-state index in [1.165, 1.54) is 11.3 Å². The Kier molecular flexibility index (Phi) is 14.2. The molecule has 1 aromatic heterocycles. The summed E-state index contributed by atoms with van der Waals surface area (Å²) in [5.41, 5.74) is 2.15. The van der Waals surface area contributed by atoms with E-state index in [-0.39, 0.29) is 35.5 Å². The third kappa shape index (κ3) is 11.4. The smallest absolute Gasteiger partial charge is 0.306 e. The van der Waals surface area contributed by atoms with Crippen molar-refractivity contribution in [3.05, 3.63) is 64.1 Å². The quantitative estimate of drug-likeness (QED) is 0.199. The van der Waals surface area contributed by atoms with Crippen molar-refractivity contribution in [2.45, 2.75) is 91.3 Å². The molecule has 1 aromatic carbocycles. The molecule has 0 aliphatic carbocycles. The minimum absolute atomic E-state index is 0.0663. The van der Waals surface area contributed by atoms with Crippen LogP contribution in [0.1, 0.15) is 93.9 Å². The van der Waals surface area contributed by atoms with E-state index >= 15 is 0 Å². The maximum Gasteiger partial charge on any atom is 0.306 e. The fraction of sp³-hybridized carbons (Fsp3) is 0.562. The topological polar surface area (TPSA) is 109 Å². The maximum absolute atomic E-state index is 13.3. The molecular weight excluding hydrogens is 538 g/mol. The predicted octanol–water partition coefficient (Wildman–Crippen LogP) is 6.29. The molecule has 0 aliphatic rings. The molecule has 0 fully saturated rings. The number of aromatic nitrogens is 1. The van der Waals surface area contributed by atoms with E-state index in [9.17, 15) is 19.5 Å². The number of ether oxygens (including phenoxy) is 1. The standard InChI is InChI=1S/C32H47N3O5S/c1-8-9-15-29(36)35(7)27(22(4)5)18-28(40-19-21(2)3)31-34-26(20-41-31)30(37)33-25(16-23(6)32(38)39)17-24-13-11-10-12-14-24/h10-14,20,22-23,25,27-28H,2,8-9,15-19H2,1,3-7H3,(H,33,37)(H,38,39)/t23?,25-,27?,28?/m1/s1. The van der Waals surface area contributed by atoms with Gasteiger partial charge in [-0.15, -0.1) is 11.3 Å². The average molecular weight is 586 g/mol. The number of nitrogens with zero attached hydrogens (tertiary/aromatic N) is 2. The highest BCUT2D eigenvalue weighted by Gasteiger charge is 2.30. The van der Waals surface area contributed by atoms with Gasteiger partial charge < -0.3 is 20.1 Å². The van der Waals surface area contributed by atoms with Gasteiger partial charge in [0.25, 0.3) is 5.91 Å². The fourth-order valence-electron chi connectivity index (χ4n) is 4.69. The minimum atomic E-state index is -0.899. The first kappa shape index (κ1) is 34.2. The lowest BCUT2D eigenvalue weighted by molar-refractivity contribution is -0.141. The Labute approximate surface area is 249 Å². The highest BCUT2D eigenvalue weighted by molar-refractivity contribution is 7.09. The van der Waals surface area contributed by atoms with Gasteiger partial charge in [-0.05, 0) is 37.7 Å². The minimum Gasteiger partial charge on any atom is -0.481 e. The molecule has 0 aliphatic heterocycles. The summed E-state index contributed by atoms with van der Waals surface area (Å²) in [5, 5.41) is 14.8. The number of hydrogen-bond donors (Lipinski definition) is 2. The Morgan fingerprint density at radius 2 is 1.83 bits per heavy atom. The fourth-order valence-corrected chi connectivity index (χ4v) is 5.55. The Balaban J connectivity index is 2.25. The van der Waals surface area contributed by atoms with Crippen LogP contribution in [0.2, 0.25) is 0 Å². The van der Waals surface area contributed by atoms with Gasteiger partial charge in [-0.3, -0.25) is 14.4 Å². The molecule has 2 rings (SSSR count). The average Bonchev–Trinajstić information content (AvgIpc) is 3.42. The summed E-state index contributed by atoms with van der Waals surface area (Å²) in [6.07, 6.45) is 3.26. The molecule has 2 aromatic rings. The zero-order chi connectivity index (χ0) is 30.5. The number of carboxylic acid groups (broad SMARTS) is 1. The Morgan fingerprint density at radius 1 is 1.15 bits per heavy atom. The summed E-state index contributed by atoms with van der Waals surface area (Å²) in [6.45, 7) is 14.1. The van der Waals surface area contributed by atoms with E-state index in [0.29, 0.717) is 37.3 Å². The van der Waals surface area contributed by atoms with Crippen molar-refractivity contribution < 1.29 is 24.2 Å². The maximum atomic E-state index is 13.3. The Morgan fingerprint density at radius 3 is 2.41 bits per heavy atom. The number of nitrogens with one attached hydrogen (secondary N) is 1. The Bertz CT molecular complexity index is 1130. The van der Waals surface area contributed by atoms with Gasteiger partial charge >= 0.3 is 5.97 Å². The summed E-state index contributed by atoms with van der Waals surface area (Å²) < 4.78 is 6.23. The van der Waals surface area contributed by atoms with Gasteiger partial charge in [0.2, 0.25) is 5.91 Å². The van der Waals surface area contributed by atoms with Crippen LogP contribution in [-0.4, -0.2) is 58.5 Å². The van der Waals surface area contributed by atoms with Crippen LogP contribution in [0.15, 0.2) is 47.9 Å². The summed E-state index contributed by atoms with van der Waals surface area (Å²) in [7, 11) is 1.85. The predicted molar refractivity (Wildman–Crippen MR) is 164 cm³/mol. The van der Waals surface area contributed by atoms with Crippen LogP contribution >= 0.6 is 11.3 Å². The molecule has 0 saturated carbocycles. The van der Waals surface area contributed by atoms with Crippen molar-refractivity contribution in [2.24, 2.45) is 11.8 Å². The molecule has 0 radical (unpaired) electrons. The lowest BCUT2D eigenvalue weighted by Gasteiger charge is -2.34.